The third kappa shape index (κ3) is 3.50. The first kappa shape index (κ1) is 14.4. The van der Waals surface area contributed by atoms with Crippen LogP contribution in [0.2, 0.25) is 10.0 Å². The van der Waals surface area contributed by atoms with Gasteiger partial charge in [0.25, 0.3) is 5.91 Å². The van der Waals surface area contributed by atoms with Crippen LogP contribution in [-0.2, 0) is 0 Å². The molecule has 0 fully saturated rings. The minimum atomic E-state index is -0.167. The van der Waals surface area contributed by atoms with E-state index < -0.39 is 0 Å². The smallest absolute Gasteiger partial charge is 0.261 e. The summed E-state index contributed by atoms with van der Waals surface area (Å²) in [5, 5.41) is 4.07. The second kappa shape index (κ2) is 5.95. The van der Waals surface area contributed by atoms with Gasteiger partial charge in [0.15, 0.2) is 0 Å². The van der Waals surface area contributed by atoms with E-state index in [2.05, 4.69) is 5.32 Å². The van der Waals surface area contributed by atoms with Gasteiger partial charge in [-0.2, -0.15) is 0 Å². The van der Waals surface area contributed by atoms with Crippen LogP contribution < -0.4 is 5.32 Å². The van der Waals surface area contributed by atoms with E-state index in [1.165, 1.54) is 11.3 Å². The summed E-state index contributed by atoms with van der Waals surface area (Å²) in [4.78, 5) is 13.9. The summed E-state index contributed by atoms with van der Waals surface area (Å²) in [7, 11) is 0. The summed E-state index contributed by atoms with van der Waals surface area (Å²) in [6, 6.07) is 8.86. The Hall–Kier alpha value is -1.03. The van der Waals surface area contributed by atoms with Crippen molar-refractivity contribution in [3.8, 4) is 0 Å². The summed E-state index contributed by atoms with van der Waals surface area (Å²) in [6.07, 6.45) is 0. The lowest BCUT2D eigenvalue weighted by atomic mass is 10.1. The molecule has 1 aromatic heterocycles. The van der Waals surface area contributed by atoms with Crippen LogP contribution >= 0.6 is 34.5 Å². The van der Waals surface area contributed by atoms with Crippen LogP contribution in [0, 0.1) is 6.92 Å². The van der Waals surface area contributed by atoms with Crippen LogP contribution in [0.1, 0.15) is 33.1 Å². The Kier molecular flexibility index (Phi) is 4.50. The summed E-state index contributed by atoms with van der Waals surface area (Å²) >= 11 is 13.5. The van der Waals surface area contributed by atoms with Crippen molar-refractivity contribution in [2.24, 2.45) is 0 Å². The van der Waals surface area contributed by atoms with Crippen molar-refractivity contribution in [1.82, 2.24) is 5.32 Å². The topological polar surface area (TPSA) is 29.1 Å². The Morgan fingerprint density at radius 3 is 2.58 bits per heavy atom. The van der Waals surface area contributed by atoms with Gasteiger partial charge in [0, 0.05) is 14.9 Å². The summed E-state index contributed by atoms with van der Waals surface area (Å²) in [5.74, 6) is -0.0865. The number of hydrogen-bond acceptors (Lipinski definition) is 2. The molecule has 1 heterocycles. The van der Waals surface area contributed by atoms with Crippen molar-refractivity contribution in [3.05, 3.63) is 55.7 Å². The van der Waals surface area contributed by atoms with Gasteiger partial charge in [-0.1, -0.05) is 29.3 Å². The normalized spacial score (nSPS) is 12.2. The van der Waals surface area contributed by atoms with E-state index in [4.69, 9.17) is 23.2 Å². The maximum Gasteiger partial charge on any atom is 0.261 e. The molecule has 2 rings (SSSR count). The van der Waals surface area contributed by atoms with Crippen molar-refractivity contribution in [1.29, 1.82) is 0 Å². The fraction of sp³-hybridized carbons (Fsp3) is 0.214. The highest BCUT2D eigenvalue weighted by atomic mass is 35.5. The number of hydrogen-bond donors (Lipinski definition) is 1. The minimum absolute atomic E-state index is 0.0865. The Bertz CT molecular complexity index is 609. The van der Waals surface area contributed by atoms with Crippen LogP contribution in [0.5, 0.6) is 0 Å². The maximum atomic E-state index is 12.1. The largest absolute Gasteiger partial charge is 0.345 e. The van der Waals surface area contributed by atoms with E-state index in [1.807, 2.05) is 32.0 Å². The molecule has 0 aliphatic rings. The number of halogens is 2. The molecule has 0 saturated carbocycles. The monoisotopic (exact) mass is 313 g/mol. The quantitative estimate of drug-likeness (QED) is 0.861. The van der Waals surface area contributed by atoms with Crippen LogP contribution in [0.25, 0.3) is 0 Å². The number of amides is 1. The van der Waals surface area contributed by atoms with E-state index in [1.54, 1.807) is 12.1 Å². The first-order valence-electron chi connectivity index (χ1n) is 5.79. The van der Waals surface area contributed by atoms with Gasteiger partial charge in [-0.05, 0) is 43.7 Å². The molecule has 0 aliphatic heterocycles. The van der Waals surface area contributed by atoms with E-state index in [0.29, 0.717) is 14.9 Å². The molecular weight excluding hydrogens is 301 g/mol. The number of benzene rings is 1. The Morgan fingerprint density at radius 1 is 1.26 bits per heavy atom. The molecule has 0 radical (unpaired) electrons. The summed E-state index contributed by atoms with van der Waals surface area (Å²) in [5.41, 5.74) is 0.854. The van der Waals surface area contributed by atoms with Crippen molar-refractivity contribution < 1.29 is 4.79 Å². The third-order valence-electron chi connectivity index (χ3n) is 2.74. The van der Waals surface area contributed by atoms with Crippen molar-refractivity contribution >= 4 is 40.4 Å². The zero-order valence-electron chi connectivity index (χ0n) is 10.5. The zero-order valence-corrected chi connectivity index (χ0v) is 12.9. The number of carbonyl (C=O) groups is 1. The highest BCUT2D eigenvalue weighted by Gasteiger charge is 2.15. The molecule has 1 N–H and O–H groups in total. The zero-order chi connectivity index (χ0) is 14.0. The molecule has 0 spiro atoms. The molecular formula is C14H13Cl2NOS. The second-order valence-corrected chi connectivity index (χ2v) is 6.40. The van der Waals surface area contributed by atoms with E-state index in [0.717, 1.165) is 10.4 Å². The molecule has 1 atom stereocenters. The summed E-state index contributed by atoms with van der Waals surface area (Å²) in [6.45, 7) is 3.87. The van der Waals surface area contributed by atoms with Crippen LogP contribution in [0.3, 0.4) is 0 Å². The van der Waals surface area contributed by atoms with E-state index in [9.17, 15) is 4.79 Å². The molecule has 2 aromatic rings. The van der Waals surface area contributed by atoms with Crippen molar-refractivity contribution in [2.75, 3.05) is 0 Å². The van der Waals surface area contributed by atoms with Crippen LogP contribution in [0.4, 0.5) is 0 Å². The molecule has 2 nitrogen and oxygen atoms in total. The molecule has 1 amide bonds. The van der Waals surface area contributed by atoms with Gasteiger partial charge < -0.3 is 5.32 Å². The fourth-order valence-electron chi connectivity index (χ4n) is 1.75. The van der Waals surface area contributed by atoms with E-state index in [-0.39, 0.29) is 11.9 Å². The number of aryl methyl sites for hydroxylation is 1. The number of nitrogens with one attached hydrogen (secondary N) is 1. The van der Waals surface area contributed by atoms with Gasteiger partial charge in [-0.15, -0.1) is 11.3 Å². The predicted molar refractivity (Wildman–Crippen MR) is 81.4 cm³/mol. The van der Waals surface area contributed by atoms with Gasteiger partial charge >= 0.3 is 0 Å². The van der Waals surface area contributed by atoms with Crippen molar-refractivity contribution in [2.45, 2.75) is 19.9 Å². The minimum Gasteiger partial charge on any atom is -0.345 e. The number of carbonyl (C=O) groups excluding carboxylic acids is 1. The van der Waals surface area contributed by atoms with Gasteiger partial charge in [-0.3, -0.25) is 4.79 Å². The Labute approximate surface area is 126 Å². The molecule has 5 heteroatoms. The molecule has 1 aromatic carbocycles. The fourth-order valence-corrected chi connectivity index (χ4v) is 3.10. The first-order valence-corrected chi connectivity index (χ1v) is 7.37. The second-order valence-electron chi connectivity index (χ2n) is 4.27. The van der Waals surface area contributed by atoms with Gasteiger partial charge in [-0.25, -0.2) is 0 Å². The standard InChI is InChI=1S/C14H13Cl2NOS/c1-8-3-6-13(19-8)14(18)17-9(2)11-5-4-10(15)7-12(11)16/h3-7,9H,1-2H3,(H,17,18). The lowest BCUT2D eigenvalue weighted by Crippen LogP contribution is -2.26. The van der Waals surface area contributed by atoms with Gasteiger partial charge in [0.2, 0.25) is 0 Å². The maximum absolute atomic E-state index is 12.1. The molecule has 100 valence electrons. The number of thiophene rings is 1. The molecule has 0 saturated heterocycles. The summed E-state index contributed by atoms with van der Waals surface area (Å²) < 4.78 is 0. The lowest BCUT2D eigenvalue weighted by molar-refractivity contribution is 0.0944. The first-order chi connectivity index (χ1) is 8.97. The SMILES string of the molecule is Cc1ccc(C(=O)NC(C)c2ccc(Cl)cc2Cl)s1. The lowest BCUT2D eigenvalue weighted by Gasteiger charge is -2.15. The average Bonchev–Trinajstić information content (AvgIpc) is 2.75. The van der Waals surface area contributed by atoms with E-state index >= 15 is 0 Å². The van der Waals surface area contributed by atoms with Gasteiger partial charge in [0.1, 0.15) is 0 Å². The Morgan fingerprint density at radius 2 is 2.00 bits per heavy atom. The predicted octanol–water partition coefficient (Wildman–Crippen LogP) is 4.85. The molecule has 0 aliphatic carbocycles. The Balaban J connectivity index is 2.12. The molecule has 1 unspecified atom stereocenters. The highest BCUT2D eigenvalue weighted by molar-refractivity contribution is 7.13. The van der Waals surface area contributed by atoms with Crippen LogP contribution in [-0.4, -0.2) is 5.91 Å². The van der Waals surface area contributed by atoms with Crippen molar-refractivity contribution in [3.63, 3.8) is 0 Å². The van der Waals surface area contributed by atoms with Gasteiger partial charge in [0.05, 0.1) is 10.9 Å². The molecule has 19 heavy (non-hydrogen) atoms. The average molecular weight is 314 g/mol. The number of rotatable bonds is 3. The highest BCUT2D eigenvalue weighted by Crippen LogP contribution is 2.26. The van der Waals surface area contributed by atoms with Crippen LogP contribution in [0.15, 0.2) is 30.3 Å². The third-order valence-corrected chi connectivity index (χ3v) is 4.30. The molecule has 0 bridgehead atoms.